The number of aryl methyl sites for hydroxylation is 1. The molecule has 0 fully saturated rings. The molecule has 22 heavy (non-hydrogen) atoms. The number of hydrogen-bond donors (Lipinski definition) is 1. The molecular formula is C16H15N3O2S. The van der Waals surface area contributed by atoms with E-state index in [-0.39, 0.29) is 12.5 Å². The topological polar surface area (TPSA) is 64.0 Å². The number of carbonyl (C=O) groups excluding carboxylic acids is 2. The first-order valence-electron chi connectivity index (χ1n) is 6.85. The molecule has 1 amide bonds. The zero-order valence-electron chi connectivity index (χ0n) is 12.3. The fourth-order valence-electron chi connectivity index (χ4n) is 2.53. The van der Waals surface area contributed by atoms with Gasteiger partial charge in [0.1, 0.15) is 6.54 Å². The lowest BCUT2D eigenvalue weighted by Gasteiger charge is -2.07. The third-order valence-electron chi connectivity index (χ3n) is 3.57. The van der Waals surface area contributed by atoms with Crippen LogP contribution in [0.3, 0.4) is 0 Å². The van der Waals surface area contributed by atoms with Gasteiger partial charge in [-0.05, 0) is 19.9 Å². The molecule has 0 spiro atoms. The minimum absolute atomic E-state index is 0.152. The quantitative estimate of drug-likeness (QED) is 0.752. The highest BCUT2D eigenvalue weighted by Crippen LogP contribution is 2.24. The second-order valence-corrected chi connectivity index (χ2v) is 6.28. The van der Waals surface area contributed by atoms with E-state index >= 15 is 0 Å². The van der Waals surface area contributed by atoms with Gasteiger partial charge in [-0.25, -0.2) is 4.98 Å². The Morgan fingerprint density at radius 1 is 1.36 bits per heavy atom. The lowest BCUT2D eigenvalue weighted by Crippen LogP contribution is -2.19. The van der Waals surface area contributed by atoms with Crippen molar-refractivity contribution in [3.8, 4) is 0 Å². The van der Waals surface area contributed by atoms with E-state index in [4.69, 9.17) is 0 Å². The molecule has 0 unspecified atom stereocenters. The van der Waals surface area contributed by atoms with E-state index in [0.29, 0.717) is 10.7 Å². The van der Waals surface area contributed by atoms with Crippen LogP contribution in [-0.4, -0.2) is 21.7 Å². The number of hydrogen-bond acceptors (Lipinski definition) is 4. The first kappa shape index (κ1) is 14.5. The second-order valence-electron chi connectivity index (χ2n) is 5.04. The average molecular weight is 313 g/mol. The molecular weight excluding hydrogens is 298 g/mol. The summed E-state index contributed by atoms with van der Waals surface area (Å²) in [5.41, 5.74) is 2.31. The summed E-state index contributed by atoms with van der Waals surface area (Å²) in [5.74, 6) is -0.157. The maximum absolute atomic E-state index is 12.2. The number of aromatic nitrogens is 2. The van der Waals surface area contributed by atoms with E-state index in [2.05, 4.69) is 10.3 Å². The minimum atomic E-state index is -0.157. The summed E-state index contributed by atoms with van der Waals surface area (Å²) in [6.45, 7) is 3.94. The average Bonchev–Trinajstić information content (AvgIpc) is 3.01. The third kappa shape index (κ3) is 2.53. The van der Waals surface area contributed by atoms with Crippen LogP contribution >= 0.6 is 11.3 Å². The highest BCUT2D eigenvalue weighted by atomic mass is 32.1. The molecule has 2 aromatic heterocycles. The number of rotatable bonds is 4. The largest absolute Gasteiger partial charge is 0.335 e. The van der Waals surface area contributed by atoms with Crippen molar-refractivity contribution < 1.29 is 9.59 Å². The third-order valence-corrected chi connectivity index (χ3v) is 4.40. The number of thiazole rings is 1. The number of fused-ring (bicyclic) bond motifs is 1. The summed E-state index contributed by atoms with van der Waals surface area (Å²) in [6, 6.07) is 7.59. The normalized spacial score (nSPS) is 10.8. The predicted octanol–water partition coefficient (Wildman–Crippen LogP) is 3.17. The Morgan fingerprint density at radius 2 is 2.14 bits per heavy atom. The van der Waals surface area contributed by atoms with E-state index in [0.717, 1.165) is 27.8 Å². The van der Waals surface area contributed by atoms with Crippen LogP contribution in [-0.2, 0) is 11.3 Å². The molecule has 6 heteroatoms. The molecule has 5 nitrogen and oxygen atoms in total. The van der Waals surface area contributed by atoms with Gasteiger partial charge in [-0.3, -0.25) is 9.59 Å². The molecule has 1 aromatic carbocycles. The standard InChI is InChI=1S/C16H15N3O2S/c1-10-7-17-16(22-10)18-15(21)8-19-11(2)13(9-20)12-5-3-4-6-14(12)19/h3-7,9H,8H2,1-2H3,(H,17,18,21). The number of para-hydroxylation sites is 1. The molecule has 0 aliphatic rings. The smallest absolute Gasteiger partial charge is 0.246 e. The number of nitrogens with one attached hydrogen (secondary N) is 1. The van der Waals surface area contributed by atoms with Gasteiger partial charge < -0.3 is 9.88 Å². The van der Waals surface area contributed by atoms with E-state index in [9.17, 15) is 9.59 Å². The maximum Gasteiger partial charge on any atom is 0.246 e. The molecule has 0 aliphatic carbocycles. The molecule has 0 radical (unpaired) electrons. The Morgan fingerprint density at radius 3 is 2.82 bits per heavy atom. The number of nitrogens with zero attached hydrogens (tertiary/aromatic N) is 2. The van der Waals surface area contributed by atoms with Gasteiger partial charge in [-0.15, -0.1) is 11.3 Å². The van der Waals surface area contributed by atoms with Crippen LogP contribution in [0.4, 0.5) is 5.13 Å². The van der Waals surface area contributed by atoms with Gasteiger partial charge >= 0.3 is 0 Å². The number of aldehydes is 1. The van der Waals surface area contributed by atoms with Gasteiger partial charge in [-0.2, -0.15) is 0 Å². The molecule has 1 N–H and O–H groups in total. The van der Waals surface area contributed by atoms with Crippen molar-refractivity contribution in [1.82, 2.24) is 9.55 Å². The number of carbonyl (C=O) groups is 2. The molecule has 2 heterocycles. The second kappa shape index (κ2) is 5.73. The molecule has 0 atom stereocenters. The summed E-state index contributed by atoms with van der Waals surface area (Å²) >= 11 is 1.44. The molecule has 3 aromatic rings. The lowest BCUT2D eigenvalue weighted by atomic mass is 10.1. The summed E-state index contributed by atoms with van der Waals surface area (Å²) in [6.07, 6.45) is 2.57. The Bertz CT molecular complexity index is 864. The number of amides is 1. The van der Waals surface area contributed by atoms with Gasteiger partial charge in [0.05, 0.1) is 0 Å². The van der Waals surface area contributed by atoms with Crippen molar-refractivity contribution in [3.05, 3.63) is 46.6 Å². The van der Waals surface area contributed by atoms with Crippen molar-refractivity contribution in [3.63, 3.8) is 0 Å². The zero-order chi connectivity index (χ0) is 15.7. The highest BCUT2D eigenvalue weighted by molar-refractivity contribution is 7.15. The Labute approximate surface area is 131 Å². The Kier molecular flexibility index (Phi) is 3.77. The van der Waals surface area contributed by atoms with E-state index < -0.39 is 0 Å². The first-order valence-corrected chi connectivity index (χ1v) is 7.67. The van der Waals surface area contributed by atoms with E-state index in [1.165, 1.54) is 11.3 Å². The van der Waals surface area contributed by atoms with E-state index in [1.54, 1.807) is 6.20 Å². The van der Waals surface area contributed by atoms with Gasteiger partial charge in [0.15, 0.2) is 11.4 Å². The van der Waals surface area contributed by atoms with Crippen LogP contribution in [0.2, 0.25) is 0 Å². The molecule has 3 rings (SSSR count). The van der Waals surface area contributed by atoms with Crippen molar-refractivity contribution in [1.29, 1.82) is 0 Å². The SMILES string of the molecule is Cc1cnc(NC(=O)Cn2c(C)c(C=O)c3ccccc32)s1. The maximum atomic E-state index is 12.2. The van der Waals surface area contributed by atoms with Crippen molar-refractivity contribution in [2.24, 2.45) is 0 Å². The van der Waals surface area contributed by atoms with Crippen molar-refractivity contribution >= 4 is 39.6 Å². The lowest BCUT2D eigenvalue weighted by molar-refractivity contribution is -0.116. The fourth-order valence-corrected chi connectivity index (χ4v) is 3.21. The van der Waals surface area contributed by atoms with Crippen LogP contribution in [0.5, 0.6) is 0 Å². The zero-order valence-corrected chi connectivity index (χ0v) is 13.1. The van der Waals surface area contributed by atoms with Crippen LogP contribution < -0.4 is 5.32 Å². The molecule has 0 saturated carbocycles. The summed E-state index contributed by atoms with van der Waals surface area (Å²) in [4.78, 5) is 28.7. The van der Waals surface area contributed by atoms with Crippen LogP contribution in [0, 0.1) is 13.8 Å². The molecule has 0 bridgehead atoms. The van der Waals surface area contributed by atoms with Crippen LogP contribution in [0.1, 0.15) is 20.9 Å². The van der Waals surface area contributed by atoms with Crippen molar-refractivity contribution in [2.75, 3.05) is 5.32 Å². The molecule has 0 saturated heterocycles. The monoisotopic (exact) mass is 313 g/mol. The van der Waals surface area contributed by atoms with Gasteiger partial charge in [0, 0.05) is 33.2 Å². The van der Waals surface area contributed by atoms with Gasteiger partial charge in [0.2, 0.25) is 5.91 Å². The minimum Gasteiger partial charge on any atom is -0.335 e. The number of benzene rings is 1. The van der Waals surface area contributed by atoms with Crippen LogP contribution in [0.15, 0.2) is 30.5 Å². The first-order chi connectivity index (χ1) is 10.6. The molecule has 112 valence electrons. The summed E-state index contributed by atoms with van der Waals surface area (Å²) in [5, 5.41) is 4.25. The van der Waals surface area contributed by atoms with Crippen LogP contribution in [0.25, 0.3) is 10.9 Å². The van der Waals surface area contributed by atoms with Gasteiger partial charge in [-0.1, -0.05) is 18.2 Å². The fraction of sp³-hybridized carbons (Fsp3) is 0.188. The Balaban J connectivity index is 1.92. The van der Waals surface area contributed by atoms with E-state index in [1.807, 2.05) is 42.7 Å². The highest BCUT2D eigenvalue weighted by Gasteiger charge is 2.15. The van der Waals surface area contributed by atoms with Crippen molar-refractivity contribution in [2.45, 2.75) is 20.4 Å². The van der Waals surface area contributed by atoms with Gasteiger partial charge in [0.25, 0.3) is 0 Å². The summed E-state index contributed by atoms with van der Waals surface area (Å²) < 4.78 is 1.86. The summed E-state index contributed by atoms with van der Waals surface area (Å²) in [7, 11) is 0. The molecule has 0 aliphatic heterocycles. The Hall–Kier alpha value is -2.47. The number of anilines is 1. The predicted molar refractivity (Wildman–Crippen MR) is 87.5 cm³/mol.